The Labute approximate surface area is 195 Å². The lowest BCUT2D eigenvalue weighted by atomic mass is 9.75. The summed E-state index contributed by atoms with van der Waals surface area (Å²) >= 11 is 12.6. The first-order valence-corrected chi connectivity index (χ1v) is 11.7. The zero-order valence-corrected chi connectivity index (χ0v) is 18.9. The second-order valence-corrected chi connectivity index (χ2v) is 9.69. The minimum Gasteiger partial charge on any atom is -0.310 e. The molecule has 2 aromatic rings. The van der Waals surface area contributed by atoms with Crippen LogP contribution in [-0.4, -0.2) is 41.8 Å². The van der Waals surface area contributed by atoms with Crippen molar-refractivity contribution in [2.24, 2.45) is 11.8 Å². The number of halogens is 2. The van der Waals surface area contributed by atoms with E-state index < -0.39 is 17.4 Å². The van der Waals surface area contributed by atoms with Crippen LogP contribution in [0.5, 0.6) is 0 Å². The molecule has 0 radical (unpaired) electrons. The average Bonchev–Trinajstić information content (AvgIpc) is 3.48. The van der Waals surface area contributed by atoms with Gasteiger partial charge in [-0.3, -0.25) is 19.3 Å². The van der Waals surface area contributed by atoms with Crippen molar-refractivity contribution in [3.05, 3.63) is 58.1 Å². The second kappa shape index (κ2) is 6.80. The Balaban J connectivity index is 1.58. The van der Waals surface area contributed by atoms with Gasteiger partial charge in [0.05, 0.1) is 22.5 Å². The molecule has 3 saturated heterocycles. The van der Waals surface area contributed by atoms with Gasteiger partial charge in [-0.25, -0.2) is 4.90 Å². The number of anilines is 2. The molecule has 4 aliphatic rings. The highest BCUT2D eigenvalue weighted by atomic mass is 35.5. The molecule has 8 heteroatoms. The van der Waals surface area contributed by atoms with Gasteiger partial charge in [-0.1, -0.05) is 41.4 Å². The molecule has 3 fully saturated rings. The predicted molar refractivity (Wildman–Crippen MR) is 122 cm³/mol. The molecular weight excluding hydrogens is 449 g/mol. The predicted octanol–water partition coefficient (Wildman–Crippen LogP) is 3.84. The van der Waals surface area contributed by atoms with Crippen LogP contribution in [0.15, 0.2) is 42.5 Å². The number of hydrogen-bond acceptors (Lipinski definition) is 4. The van der Waals surface area contributed by atoms with Crippen molar-refractivity contribution in [3.8, 4) is 0 Å². The molecule has 3 amide bonds. The lowest BCUT2D eigenvalue weighted by molar-refractivity contribution is -0.137. The van der Waals surface area contributed by atoms with Crippen molar-refractivity contribution in [2.75, 3.05) is 22.9 Å². The van der Waals surface area contributed by atoms with Crippen LogP contribution in [0, 0.1) is 11.8 Å². The van der Waals surface area contributed by atoms with Crippen molar-refractivity contribution in [2.45, 2.75) is 31.3 Å². The van der Waals surface area contributed by atoms with E-state index in [2.05, 4.69) is 4.90 Å². The number of benzene rings is 2. The van der Waals surface area contributed by atoms with Gasteiger partial charge in [0.1, 0.15) is 5.54 Å². The lowest BCUT2D eigenvalue weighted by Gasteiger charge is -2.37. The summed E-state index contributed by atoms with van der Waals surface area (Å²) in [7, 11) is 0. The maximum absolute atomic E-state index is 14.1. The number of likely N-dealkylation sites (N-methyl/N-ethyl adjacent to an activating group) is 1. The van der Waals surface area contributed by atoms with Crippen LogP contribution in [0.2, 0.25) is 10.0 Å². The molecule has 4 aliphatic heterocycles. The maximum Gasteiger partial charge on any atom is 0.253 e. The Morgan fingerprint density at radius 3 is 2.59 bits per heavy atom. The number of nitrogens with zero attached hydrogens (tertiary/aromatic N) is 3. The van der Waals surface area contributed by atoms with E-state index in [1.54, 1.807) is 23.1 Å². The van der Waals surface area contributed by atoms with Crippen molar-refractivity contribution in [3.63, 3.8) is 0 Å². The molecule has 0 unspecified atom stereocenters. The molecule has 2 aromatic carbocycles. The quantitative estimate of drug-likeness (QED) is 0.626. The summed E-state index contributed by atoms with van der Waals surface area (Å²) in [4.78, 5) is 46.9. The minimum absolute atomic E-state index is 0.110. The Kier molecular flexibility index (Phi) is 4.29. The number of fused-ring (bicyclic) bond motifs is 7. The van der Waals surface area contributed by atoms with E-state index in [1.165, 1.54) is 4.90 Å². The fourth-order valence-corrected chi connectivity index (χ4v) is 6.92. The molecule has 0 aromatic heterocycles. The first-order chi connectivity index (χ1) is 15.4. The number of rotatable bonds is 2. The molecule has 6 nitrogen and oxygen atoms in total. The van der Waals surface area contributed by atoms with E-state index in [4.69, 9.17) is 23.2 Å². The third-order valence-corrected chi connectivity index (χ3v) is 8.16. The molecule has 4 heterocycles. The Morgan fingerprint density at radius 1 is 1.03 bits per heavy atom. The van der Waals surface area contributed by atoms with Crippen LogP contribution in [0.1, 0.15) is 25.3 Å². The molecule has 0 saturated carbocycles. The molecule has 0 bridgehead atoms. The molecule has 1 spiro atoms. The fraction of sp³-hybridized carbons (Fsp3) is 0.375. The summed E-state index contributed by atoms with van der Waals surface area (Å²) < 4.78 is 0. The Hall–Kier alpha value is -2.41. The monoisotopic (exact) mass is 469 g/mol. The van der Waals surface area contributed by atoms with E-state index >= 15 is 0 Å². The molecule has 32 heavy (non-hydrogen) atoms. The summed E-state index contributed by atoms with van der Waals surface area (Å²) in [6.07, 6.45) is 1.66. The van der Waals surface area contributed by atoms with E-state index in [9.17, 15) is 14.4 Å². The number of carbonyl (C=O) groups is 3. The van der Waals surface area contributed by atoms with Crippen LogP contribution < -0.4 is 9.80 Å². The van der Waals surface area contributed by atoms with Gasteiger partial charge in [0.25, 0.3) is 5.91 Å². The van der Waals surface area contributed by atoms with E-state index in [-0.39, 0.29) is 34.5 Å². The third kappa shape index (κ3) is 2.23. The number of carbonyl (C=O) groups excluding carboxylic acids is 3. The van der Waals surface area contributed by atoms with Crippen molar-refractivity contribution >= 4 is 52.3 Å². The van der Waals surface area contributed by atoms with E-state index in [0.717, 1.165) is 24.1 Å². The van der Waals surface area contributed by atoms with Gasteiger partial charge in [0.15, 0.2) is 0 Å². The van der Waals surface area contributed by atoms with E-state index in [0.29, 0.717) is 18.1 Å². The van der Waals surface area contributed by atoms with Crippen LogP contribution in [-0.2, 0) is 19.9 Å². The molecule has 164 valence electrons. The number of para-hydroxylation sites is 1. The highest BCUT2D eigenvalue weighted by Crippen LogP contribution is 2.62. The number of imide groups is 1. The maximum atomic E-state index is 14.1. The Bertz CT molecular complexity index is 1200. The van der Waals surface area contributed by atoms with Gasteiger partial charge in [-0.2, -0.15) is 0 Å². The number of hydrogen-bond donors (Lipinski definition) is 0. The topological polar surface area (TPSA) is 60.9 Å². The van der Waals surface area contributed by atoms with Crippen LogP contribution in [0.4, 0.5) is 11.4 Å². The molecule has 0 aliphatic carbocycles. The van der Waals surface area contributed by atoms with Crippen molar-refractivity contribution in [1.29, 1.82) is 0 Å². The largest absolute Gasteiger partial charge is 0.310 e. The zero-order chi connectivity index (χ0) is 22.4. The first kappa shape index (κ1) is 20.2. The fourth-order valence-electron chi connectivity index (χ4n) is 6.55. The smallest absolute Gasteiger partial charge is 0.253 e. The molecule has 6 rings (SSSR count). The average molecular weight is 470 g/mol. The van der Waals surface area contributed by atoms with Crippen LogP contribution in [0.25, 0.3) is 0 Å². The minimum atomic E-state index is -1.16. The van der Waals surface area contributed by atoms with Crippen molar-refractivity contribution in [1.82, 2.24) is 4.90 Å². The van der Waals surface area contributed by atoms with Gasteiger partial charge >= 0.3 is 0 Å². The van der Waals surface area contributed by atoms with Gasteiger partial charge in [0, 0.05) is 28.9 Å². The Morgan fingerprint density at radius 2 is 1.81 bits per heavy atom. The summed E-state index contributed by atoms with van der Waals surface area (Å²) in [5.74, 6) is -2.16. The van der Waals surface area contributed by atoms with Crippen molar-refractivity contribution < 1.29 is 14.4 Å². The molecule has 0 N–H and O–H groups in total. The normalized spacial score (nSPS) is 31.1. The van der Waals surface area contributed by atoms with E-state index in [1.807, 2.05) is 31.2 Å². The summed E-state index contributed by atoms with van der Waals surface area (Å²) in [5, 5.41) is 0.667. The number of amides is 3. The highest BCUT2D eigenvalue weighted by molar-refractivity contribution is 6.38. The lowest BCUT2D eigenvalue weighted by Crippen LogP contribution is -2.56. The summed E-state index contributed by atoms with van der Waals surface area (Å²) in [5.41, 5.74) is 0.775. The first-order valence-electron chi connectivity index (χ1n) is 10.9. The SMILES string of the molecule is CCN1C(=O)[C@]2(c3ccccc31)[C@@H]1C(=O)N(c3cc(Cl)ccc3Cl)C(=O)[C@@H]1[C@@H]1CCCN12. The van der Waals surface area contributed by atoms with Gasteiger partial charge < -0.3 is 4.90 Å². The zero-order valence-electron chi connectivity index (χ0n) is 17.4. The third-order valence-electron chi connectivity index (χ3n) is 7.61. The summed E-state index contributed by atoms with van der Waals surface area (Å²) in [6, 6.07) is 12.3. The van der Waals surface area contributed by atoms with Crippen LogP contribution >= 0.6 is 23.2 Å². The highest BCUT2D eigenvalue weighted by Gasteiger charge is 2.75. The van der Waals surface area contributed by atoms with Gasteiger partial charge in [-0.15, -0.1) is 0 Å². The molecular formula is C24H21Cl2N3O3. The van der Waals surface area contributed by atoms with Gasteiger partial charge in [0.2, 0.25) is 11.8 Å². The summed E-state index contributed by atoms with van der Waals surface area (Å²) in [6.45, 7) is 3.12. The standard InChI is InChI=1S/C24H21Cl2N3O3/c1-2-27-16-7-4-3-6-14(16)24(23(27)32)20-19(17-8-5-11-28(17)24)21(30)29(22(20)31)18-12-13(25)9-10-15(18)26/h3-4,6-7,9-10,12,17,19-20H,2,5,8,11H2,1H3/t17-,19+,20-,24-/m0/s1. The molecule has 4 atom stereocenters. The van der Waals surface area contributed by atoms with Gasteiger partial charge in [-0.05, 0) is 50.6 Å². The van der Waals surface area contributed by atoms with Crippen LogP contribution in [0.3, 0.4) is 0 Å². The second-order valence-electron chi connectivity index (χ2n) is 8.85.